The van der Waals surface area contributed by atoms with Crippen LogP contribution in [0.2, 0.25) is 0 Å². The molecule has 0 aliphatic rings. The Hall–Kier alpha value is -2.35. The molecule has 0 aliphatic heterocycles. The number of aryl methyl sites for hydroxylation is 2. The molecule has 0 unspecified atom stereocenters. The van der Waals surface area contributed by atoms with Crippen molar-refractivity contribution in [1.82, 2.24) is 4.98 Å². The summed E-state index contributed by atoms with van der Waals surface area (Å²) in [6, 6.07) is 16.0. The van der Waals surface area contributed by atoms with Crippen LogP contribution in [0.4, 0.5) is 5.69 Å². The fourth-order valence-electron chi connectivity index (χ4n) is 2.28. The lowest BCUT2D eigenvalue weighted by Gasteiger charge is -2.05. The lowest BCUT2D eigenvalue weighted by atomic mass is 10.1. The van der Waals surface area contributed by atoms with Crippen LogP contribution in [0.5, 0.6) is 0 Å². The summed E-state index contributed by atoms with van der Waals surface area (Å²) in [5, 5.41) is 3.07. The van der Waals surface area contributed by atoms with Gasteiger partial charge in [-0.3, -0.25) is 0 Å². The van der Waals surface area contributed by atoms with Gasteiger partial charge in [-0.2, -0.15) is 0 Å². The number of aliphatic imine (C=N–C) groups is 1. The molecular formula is C19H21IN4O. The average Bonchev–Trinajstić information content (AvgIpc) is 3.03. The Labute approximate surface area is 164 Å². The van der Waals surface area contributed by atoms with Crippen LogP contribution in [0.15, 0.2) is 64.2 Å². The molecule has 130 valence electrons. The molecule has 0 amide bonds. The van der Waals surface area contributed by atoms with Gasteiger partial charge in [0.15, 0.2) is 5.96 Å². The quantitative estimate of drug-likeness (QED) is 0.350. The van der Waals surface area contributed by atoms with Gasteiger partial charge in [-0.25, -0.2) is 9.98 Å². The van der Waals surface area contributed by atoms with Crippen molar-refractivity contribution >= 4 is 35.6 Å². The zero-order chi connectivity index (χ0) is 16.9. The smallest absolute Gasteiger partial charge is 0.226 e. The van der Waals surface area contributed by atoms with E-state index in [9.17, 15) is 0 Å². The number of guanidine groups is 1. The van der Waals surface area contributed by atoms with Crippen LogP contribution in [0.1, 0.15) is 16.8 Å². The summed E-state index contributed by atoms with van der Waals surface area (Å²) in [5.74, 6) is 0.936. The molecule has 2 aromatic carbocycles. The number of hydrogen-bond donors (Lipinski definition) is 2. The van der Waals surface area contributed by atoms with Crippen molar-refractivity contribution in [3.05, 3.63) is 71.6 Å². The lowest BCUT2D eigenvalue weighted by Crippen LogP contribution is -2.22. The molecule has 1 heterocycles. The molecule has 0 saturated carbocycles. The van der Waals surface area contributed by atoms with E-state index in [1.807, 2.05) is 62.4 Å². The number of hydrogen-bond acceptors (Lipinski definition) is 3. The molecule has 1 aromatic heterocycles. The third-order valence-electron chi connectivity index (χ3n) is 3.55. The van der Waals surface area contributed by atoms with Crippen LogP contribution in [0.3, 0.4) is 0 Å². The van der Waals surface area contributed by atoms with Gasteiger partial charge in [0.05, 0.1) is 6.54 Å². The molecule has 0 saturated heterocycles. The monoisotopic (exact) mass is 448 g/mol. The largest absolute Gasteiger partial charge is 0.444 e. The maximum absolute atomic E-state index is 5.92. The van der Waals surface area contributed by atoms with Crippen LogP contribution < -0.4 is 11.1 Å². The minimum absolute atomic E-state index is 0. The van der Waals surface area contributed by atoms with Crippen LogP contribution in [-0.2, 0) is 6.54 Å². The summed E-state index contributed by atoms with van der Waals surface area (Å²) >= 11 is 0. The fraction of sp³-hybridized carbons (Fsp3) is 0.158. The van der Waals surface area contributed by atoms with Gasteiger partial charge in [-0.1, -0.05) is 29.8 Å². The van der Waals surface area contributed by atoms with Crippen LogP contribution in [-0.4, -0.2) is 10.9 Å². The highest BCUT2D eigenvalue weighted by Crippen LogP contribution is 2.19. The minimum atomic E-state index is 0. The highest BCUT2D eigenvalue weighted by molar-refractivity contribution is 14.0. The molecule has 3 aromatic rings. The minimum Gasteiger partial charge on any atom is -0.444 e. The van der Waals surface area contributed by atoms with Gasteiger partial charge in [0.1, 0.15) is 12.0 Å². The molecule has 0 aliphatic carbocycles. The lowest BCUT2D eigenvalue weighted by molar-refractivity contribution is 0.572. The summed E-state index contributed by atoms with van der Waals surface area (Å²) < 4.78 is 5.52. The second kappa shape index (κ2) is 8.66. The van der Waals surface area contributed by atoms with Gasteiger partial charge in [0, 0.05) is 11.3 Å². The SMILES string of the molecule is Cc1ccc(-c2nc(CN=C(N)Nc3cccc(C)c3)co2)cc1.I. The highest BCUT2D eigenvalue weighted by atomic mass is 127. The summed E-state index contributed by atoms with van der Waals surface area (Å²) in [4.78, 5) is 8.75. The van der Waals surface area contributed by atoms with Crippen molar-refractivity contribution < 1.29 is 4.42 Å². The van der Waals surface area contributed by atoms with E-state index in [0.29, 0.717) is 18.4 Å². The molecule has 0 bridgehead atoms. The van der Waals surface area contributed by atoms with Gasteiger partial charge in [-0.05, 0) is 43.7 Å². The van der Waals surface area contributed by atoms with Crippen molar-refractivity contribution in [2.45, 2.75) is 20.4 Å². The molecule has 0 atom stereocenters. The van der Waals surface area contributed by atoms with Gasteiger partial charge in [0.2, 0.25) is 5.89 Å². The summed E-state index contributed by atoms with van der Waals surface area (Å²) in [5.41, 5.74) is 10.9. The third-order valence-corrected chi connectivity index (χ3v) is 3.55. The summed E-state index contributed by atoms with van der Waals surface area (Å²) in [7, 11) is 0. The van der Waals surface area contributed by atoms with Crippen LogP contribution in [0.25, 0.3) is 11.5 Å². The third kappa shape index (κ3) is 5.32. The van der Waals surface area contributed by atoms with E-state index in [0.717, 1.165) is 22.5 Å². The van der Waals surface area contributed by atoms with Crippen LogP contribution in [0, 0.1) is 13.8 Å². The van der Waals surface area contributed by atoms with Gasteiger partial charge < -0.3 is 15.5 Å². The maximum atomic E-state index is 5.92. The predicted octanol–water partition coefficient (Wildman–Crippen LogP) is 4.50. The van der Waals surface area contributed by atoms with E-state index in [1.165, 1.54) is 5.56 Å². The average molecular weight is 448 g/mol. The topological polar surface area (TPSA) is 76.4 Å². The molecule has 5 nitrogen and oxygen atoms in total. The van der Waals surface area contributed by atoms with E-state index in [1.54, 1.807) is 6.26 Å². The normalized spacial score (nSPS) is 11.0. The number of oxazole rings is 1. The second-order valence-corrected chi connectivity index (χ2v) is 5.71. The van der Waals surface area contributed by atoms with Crippen molar-refractivity contribution in [1.29, 1.82) is 0 Å². The molecule has 3 N–H and O–H groups in total. The van der Waals surface area contributed by atoms with E-state index in [-0.39, 0.29) is 24.0 Å². The van der Waals surface area contributed by atoms with Gasteiger partial charge in [0.25, 0.3) is 0 Å². The Morgan fingerprint density at radius 1 is 1.12 bits per heavy atom. The first-order valence-corrected chi connectivity index (χ1v) is 7.75. The first-order chi connectivity index (χ1) is 11.6. The first-order valence-electron chi connectivity index (χ1n) is 7.75. The van der Waals surface area contributed by atoms with Crippen molar-refractivity contribution in [2.24, 2.45) is 10.7 Å². The molecule has 3 rings (SSSR count). The Morgan fingerprint density at radius 2 is 1.88 bits per heavy atom. The van der Waals surface area contributed by atoms with E-state index in [4.69, 9.17) is 10.2 Å². The number of halogens is 1. The number of rotatable bonds is 4. The summed E-state index contributed by atoms with van der Waals surface area (Å²) in [6.45, 7) is 4.43. The molecule has 0 spiro atoms. The number of nitrogens with zero attached hydrogens (tertiary/aromatic N) is 2. The van der Waals surface area contributed by atoms with E-state index in [2.05, 4.69) is 15.3 Å². The van der Waals surface area contributed by atoms with Gasteiger partial charge >= 0.3 is 0 Å². The molecule has 6 heteroatoms. The Kier molecular flexibility index (Phi) is 6.58. The zero-order valence-electron chi connectivity index (χ0n) is 14.2. The number of benzene rings is 2. The highest BCUT2D eigenvalue weighted by Gasteiger charge is 2.06. The molecular weight excluding hydrogens is 427 g/mol. The molecule has 25 heavy (non-hydrogen) atoms. The van der Waals surface area contributed by atoms with Crippen molar-refractivity contribution in [3.8, 4) is 11.5 Å². The Balaban J connectivity index is 0.00000225. The fourth-order valence-corrected chi connectivity index (χ4v) is 2.28. The number of aromatic nitrogens is 1. The van der Waals surface area contributed by atoms with Crippen LogP contribution >= 0.6 is 24.0 Å². The zero-order valence-corrected chi connectivity index (χ0v) is 16.5. The number of nitrogens with one attached hydrogen (secondary N) is 1. The first kappa shape index (κ1) is 19.0. The predicted molar refractivity (Wildman–Crippen MR) is 112 cm³/mol. The van der Waals surface area contributed by atoms with Crippen molar-refractivity contribution in [2.75, 3.05) is 5.32 Å². The number of anilines is 1. The molecule has 0 radical (unpaired) electrons. The standard InChI is InChI=1S/C19H20N4O.HI/c1-13-6-8-15(9-7-13)18-22-17(12-24-18)11-21-19(20)23-16-5-3-4-14(2)10-16;/h3-10,12H,11H2,1-2H3,(H3,20,21,23);1H. The Morgan fingerprint density at radius 3 is 2.60 bits per heavy atom. The number of nitrogens with two attached hydrogens (primary N) is 1. The van der Waals surface area contributed by atoms with E-state index < -0.39 is 0 Å². The molecule has 0 fully saturated rings. The summed E-state index contributed by atoms with van der Waals surface area (Å²) in [6.07, 6.45) is 1.61. The van der Waals surface area contributed by atoms with Gasteiger partial charge in [-0.15, -0.1) is 24.0 Å². The maximum Gasteiger partial charge on any atom is 0.226 e. The second-order valence-electron chi connectivity index (χ2n) is 5.71. The van der Waals surface area contributed by atoms with Crippen molar-refractivity contribution in [3.63, 3.8) is 0 Å². The Bertz CT molecular complexity index is 856. The van der Waals surface area contributed by atoms with E-state index >= 15 is 0 Å².